The molecule has 8 nitrogen and oxygen atoms in total. The van der Waals surface area contributed by atoms with Crippen LogP contribution in [0.5, 0.6) is 0 Å². The van der Waals surface area contributed by atoms with Gasteiger partial charge < -0.3 is 14.2 Å². The Morgan fingerprint density at radius 3 is 2.39 bits per heavy atom. The van der Waals surface area contributed by atoms with E-state index in [-0.39, 0.29) is 29.0 Å². The summed E-state index contributed by atoms with van der Waals surface area (Å²) in [4.78, 5) is 22.3. The van der Waals surface area contributed by atoms with Crippen LogP contribution in [0.3, 0.4) is 0 Å². The lowest BCUT2D eigenvalue weighted by atomic mass is 9.88. The van der Waals surface area contributed by atoms with Crippen LogP contribution in [0.15, 0.2) is 41.5 Å². The zero-order valence-corrected chi connectivity index (χ0v) is 28.2. The molecule has 0 aliphatic carbocycles. The summed E-state index contributed by atoms with van der Waals surface area (Å²) in [5.41, 5.74) is -5.87. The summed E-state index contributed by atoms with van der Waals surface area (Å²) in [5.74, 6) is -2.51. The van der Waals surface area contributed by atoms with Gasteiger partial charge >= 0.3 is 12.3 Å². The fraction of sp³-hybridized carbons (Fsp3) is 0.500. The molecule has 14 heteroatoms. The number of ether oxygens (including phenoxy) is 3. The number of aliphatic imine (C=N–C) groups is 1. The second-order valence-electron chi connectivity index (χ2n) is 13.6. The minimum Gasteiger partial charge on any atom is -0.443 e. The zero-order chi connectivity index (χ0) is 34.7. The molecular formula is C32H39F5N4O4Si. The minimum atomic E-state index is -5.05. The summed E-state index contributed by atoms with van der Waals surface area (Å²) < 4.78 is 91.0. The third-order valence-corrected chi connectivity index (χ3v) is 8.75. The van der Waals surface area contributed by atoms with Crippen LogP contribution in [0, 0.1) is 17.1 Å². The Hall–Kier alpha value is -3.67. The molecule has 250 valence electrons. The number of nitrogens with zero attached hydrogens (tertiary/aromatic N) is 4. The van der Waals surface area contributed by atoms with E-state index < -0.39 is 67.9 Å². The second-order valence-corrected chi connectivity index (χ2v) is 19.2. The van der Waals surface area contributed by atoms with Crippen LogP contribution in [0.2, 0.25) is 25.7 Å². The smallest absolute Gasteiger partial charge is 0.424 e. The van der Waals surface area contributed by atoms with Crippen LogP contribution >= 0.6 is 0 Å². The Labute approximate surface area is 266 Å². The van der Waals surface area contributed by atoms with E-state index in [9.17, 15) is 18.0 Å². The molecule has 0 bridgehead atoms. The average Bonchev–Trinajstić information content (AvgIpc) is 2.93. The molecule has 0 saturated heterocycles. The van der Waals surface area contributed by atoms with E-state index in [0.29, 0.717) is 10.9 Å². The van der Waals surface area contributed by atoms with E-state index in [1.165, 1.54) is 37.4 Å². The van der Waals surface area contributed by atoms with Gasteiger partial charge in [-0.3, -0.25) is 9.98 Å². The van der Waals surface area contributed by atoms with E-state index in [1.807, 2.05) is 6.07 Å². The van der Waals surface area contributed by atoms with Crippen molar-refractivity contribution in [3.63, 3.8) is 0 Å². The molecule has 1 aromatic heterocycles. The third-order valence-electron chi connectivity index (χ3n) is 7.05. The minimum absolute atomic E-state index is 0.0829. The first-order chi connectivity index (χ1) is 21.1. The molecule has 0 spiro atoms. The van der Waals surface area contributed by atoms with Gasteiger partial charge in [-0.25, -0.2) is 18.5 Å². The Kier molecular flexibility index (Phi) is 10.9. The second kappa shape index (κ2) is 13.6. The van der Waals surface area contributed by atoms with Gasteiger partial charge in [-0.15, -0.1) is 0 Å². The first kappa shape index (κ1) is 36.8. The van der Waals surface area contributed by atoms with Gasteiger partial charge in [-0.05, 0) is 76.6 Å². The molecule has 2 heterocycles. The first-order valence-electron chi connectivity index (χ1n) is 14.5. The van der Waals surface area contributed by atoms with Crippen LogP contribution < -0.4 is 0 Å². The van der Waals surface area contributed by atoms with E-state index in [1.54, 1.807) is 20.8 Å². The maximum absolute atomic E-state index is 15.4. The van der Waals surface area contributed by atoms with Crippen molar-refractivity contribution in [3.05, 3.63) is 64.7 Å². The molecule has 0 N–H and O–H groups in total. The summed E-state index contributed by atoms with van der Waals surface area (Å²) in [6.45, 7) is 11.9. The Bertz CT molecular complexity index is 1530. The quantitative estimate of drug-likeness (QED) is 0.122. The van der Waals surface area contributed by atoms with Crippen molar-refractivity contribution in [1.29, 1.82) is 5.26 Å². The van der Waals surface area contributed by atoms with Gasteiger partial charge in [0.25, 0.3) is 0 Å². The molecule has 0 fully saturated rings. The number of hydrogen-bond acceptors (Lipinski definition) is 7. The van der Waals surface area contributed by atoms with Crippen LogP contribution in [-0.4, -0.2) is 67.2 Å². The standard InChI is InChI=1S/C32H39F5N4O4Si/c1-29(2,3)45-28(42)41(20-43-13-14-46(6,7)8)27-31(5,32(35,36)37)44-19-30(4,40-27)23-15-21(9-11-24(23)33)16-25(34)26-12-10-22(17-38)18-39-26/h9-12,15-16,18H,13-14,19-20H2,1-8H3/b25-16-/t30-,31+/m0/s1. The predicted molar refractivity (Wildman–Crippen MR) is 167 cm³/mol. The van der Waals surface area contributed by atoms with Gasteiger partial charge in [0.05, 0.1) is 17.9 Å². The fourth-order valence-electron chi connectivity index (χ4n) is 4.31. The molecule has 1 aromatic carbocycles. The lowest BCUT2D eigenvalue weighted by Crippen LogP contribution is -2.63. The molecule has 1 amide bonds. The molecule has 0 unspecified atom stereocenters. The summed E-state index contributed by atoms with van der Waals surface area (Å²) in [6.07, 6.45) is -3.95. The number of nitriles is 1. The monoisotopic (exact) mass is 666 g/mol. The molecule has 1 aliphatic heterocycles. The van der Waals surface area contributed by atoms with Crippen LogP contribution in [0.4, 0.5) is 26.7 Å². The number of rotatable bonds is 8. The third kappa shape index (κ3) is 8.98. The fourth-order valence-corrected chi connectivity index (χ4v) is 5.06. The van der Waals surface area contributed by atoms with E-state index in [0.717, 1.165) is 19.1 Å². The van der Waals surface area contributed by atoms with Crippen LogP contribution in [0.25, 0.3) is 11.9 Å². The SMILES string of the molecule is CC(C)(C)OC(=O)N(COCC[Si](C)(C)C)C1=N[C@](C)(c2cc(/C=C(\F)c3ccc(C#N)cn3)ccc2F)CO[C@@]1(C)C(F)(F)F. The molecule has 2 atom stereocenters. The van der Waals surface area contributed by atoms with Crippen molar-refractivity contribution in [2.45, 2.75) is 83.2 Å². The lowest BCUT2D eigenvalue weighted by Gasteiger charge is -2.45. The highest BCUT2D eigenvalue weighted by Gasteiger charge is 2.62. The average molecular weight is 667 g/mol. The van der Waals surface area contributed by atoms with E-state index >= 15 is 8.78 Å². The Morgan fingerprint density at radius 1 is 1.17 bits per heavy atom. The number of amides is 1. The van der Waals surface area contributed by atoms with Gasteiger partial charge in [-0.1, -0.05) is 25.7 Å². The maximum atomic E-state index is 15.4. The maximum Gasteiger partial charge on any atom is 0.424 e. The molecule has 0 saturated carbocycles. The topological polar surface area (TPSA) is 97.0 Å². The molecule has 1 aliphatic rings. The van der Waals surface area contributed by atoms with Gasteiger partial charge in [0, 0.05) is 26.4 Å². The molecular weight excluding hydrogens is 627 g/mol. The van der Waals surface area contributed by atoms with Gasteiger partial charge in [-0.2, -0.15) is 18.4 Å². The van der Waals surface area contributed by atoms with Gasteiger partial charge in [0.1, 0.15) is 35.6 Å². The van der Waals surface area contributed by atoms with E-state index in [2.05, 4.69) is 29.6 Å². The summed E-state index contributed by atoms with van der Waals surface area (Å²) in [5, 5.41) is 8.95. The molecule has 3 rings (SSSR count). The highest BCUT2D eigenvalue weighted by atomic mass is 28.3. The number of alkyl halides is 3. The number of aromatic nitrogens is 1. The molecule has 46 heavy (non-hydrogen) atoms. The predicted octanol–water partition coefficient (Wildman–Crippen LogP) is 8.07. The number of halogens is 5. The highest BCUT2D eigenvalue weighted by molar-refractivity contribution is 6.76. The number of amidine groups is 1. The summed E-state index contributed by atoms with van der Waals surface area (Å²) in [7, 11) is -1.59. The number of benzene rings is 1. The molecule has 2 aromatic rings. The van der Waals surface area contributed by atoms with Crippen molar-refractivity contribution in [2.75, 3.05) is 19.9 Å². The largest absolute Gasteiger partial charge is 0.443 e. The number of hydrogen-bond donors (Lipinski definition) is 0. The van der Waals surface area contributed by atoms with Crippen molar-refractivity contribution < 1.29 is 41.0 Å². The van der Waals surface area contributed by atoms with Crippen LogP contribution in [0.1, 0.15) is 57.0 Å². The Balaban J connectivity index is 2.13. The number of carbonyl (C=O) groups is 1. The first-order valence-corrected chi connectivity index (χ1v) is 18.2. The summed E-state index contributed by atoms with van der Waals surface area (Å²) in [6, 6.07) is 8.78. The van der Waals surface area contributed by atoms with Crippen molar-refractivity contribution in [3.8, 4) is 6.07 Å². The normalized spacial score (nSPS) is 21.0. The van der Waals surface area contributed by atoms with E-state index in [4.69, 9.17) is 19.5 Å². The lowest BCUT2D eigenvalue weighted by molar-refractivity contribution is -0.252. The van der Waals surface area contributed by atoms with Gasteiger partial charge in [0.15, 0.2) is 5.84 Å². The zero-order valence-electron chi connectivity index (χ0n) is 27.2. The Morgan fingerprint density at radius 2 is 1.85 bits per heavy atom. The molecule has 0 radical (unpaired) electrons. The van der Waals surface area contributed by atoms with Crippen LogP contribution in [-0.2, 0) is 19.7 Å². The van der Waals surface area contributed by atoms with Crippen molar-refractivity contribution >= 4 is 31.9 Å². The number of carbonyl (C=O) groups excluding carboxylic acids is 1. The summed E-state index contributed by atoms with van der Waals surface area (Å²) >= 11 is 0. The highest BCUT2D eigenvalue weighted by Crippen LogP contribution is 2.44. The van der Waals surface area contributed by atoms with Crippen molar-refractivity contribution in [1.82, 2.24) is 9.88 Å². The van der Waals surface area contributed by atoms with Gasteiger partial charge in [0.2, 0.25) is 5.60 Å². The van der Waals surface area contributed by atoms with Crippen molar-refractivity contribution in [2.24, 2.45) is 4.99 Å². The number of pyridine rings is 1.